The lowest BCUT2D eigenvalue weighted by Crippen LogP contribution is -2.10. The van der Waals surface area contributed by atoms with Gasteiger partial charge in [-0.2, -0.15) is 0 Å². The first kappa shape index (κ1) is 14.5. The molecule has 8 heteroatoms. The van der Waals surface area contributed by atoms with E-state index < -0.39 is 5.91 Å². The van der Waals surface area contributed by atoms with Crippen molar-refractivity contribution in [2.24, 2.45) is 0 Å². The number of fused-ring (bicyclic) bond motifs is 1. The molecule has 0 saturated carbocycles. The average Bonchev–Trinajstić information content (AvgIpc) is 3.33. The number of carbonyl (C=O) groups excluding carboxylic acids is 1. The van der Waals surface area contributed by atoms with Gasteiger partial charge in [-0.25, -0.2) is 0 Å². The summed E-state index contributed by atoms with van der Waals surface area (Å²) in [5.41, 5.74) is 0.509. The van der Waals surface area contributed by atoms with Gasteiger partial charge >= 0.3 is 6.01 Å². The van der Waals surface area contributed by atoms with Gasteiger partial charge < -0.3 is 13.6 Å². The average molecular weight is 341 g/mol. The fourth-order valence-electron chi connectivity index (χ4n) is 2.24. The topological polar surface area (TPSA) is 90.4 Å². The van der Waals surface area contributed by atoms with Crippen LogP contribution >= 0.6 is 11.3 Å². The molecule has 4 aromatic rings. The lowest BCUT2D eigenvalue weighted by atomic mass is 10.2. The van der Waals surface area contributed by atoms with Gasteiger partial charge in [-0.3, -0.25) is 10.1 Å². The molecular formula is C16H11N3O4S. The normalized spacial score (nSPS) is 10.9. The van der Waals surface area contributed by atoms with Gasteiger partial charge in [0.1, 0.15) is 0 Å². The summed E-state index contributed by atoms with van der Waals surface area (Å²) in [7, 11) is 1.54. The van der Waals surface area contributed by atoms with E-state index in [1.54, 1.807) is 19.2 Å². The minimum atomic E-state index is -0.477. The van der Waals surface area contributed by atoms with E-state index in [2.05, 4.69) is 15.5 Å². The van der Waals surface area contributed by atoms with Gasteiger partial charge in [-0.15, -0.1) is 16.4 Å². The zero-order chi connectivity index (χ0) is 16.5. The van der Waals surface area contributed by atoms with E-state index in [4.69, 9.17) is 13.6 Å². The first-order chi connectivity index (χ1) is 11.7. The first-order valence-corrected chi connectivity index (χ1v) is 7.88. The van der Waals surface area contributed by atoms with Crippen LogP contribution in [0.15, 0.2) is 50.6 Å². The summed E-state index contributed by atoms with van der Waals surface area (Å²) in [6.45, 7) is 0. The Morgan fingerprint density at radius 2 is 2.12 bits per heavy atom. The number of nitrogens with one attached hydrogen (secondary N) is 1. The molecule has 0 radical (unpaired) electrons. The van der Waals surface area contributed by atoms with Crippen molar-refractivity contribution in [1.82, 2.24) is 10.2 Å². The van der Waals surface area contributed by atoms with E-state index in [9.17, 15) is 4.79 Å². The number of rotatable bonds is 4. The highest BCUT2D eigenvalue weighted by molar-refractivity contribution is 7.13. The zero-order valence-electron chi connectivity index (χ0n) is 12.5. The summed E-state index contributed by atoms with van der Waals surface area (Å²) in [4.78, 5) is 13.1. The summed E-state index contributed by atoms with van der Waals surface area (Å²) < 4.78 is 16.2. The van der Waals surface area contributed by atoms with E-state index >= 15 is 0 Å². The number of benzene rings is 1. The number of para-hydroxylation sites is 1. The van der Waals surface area contributed by atoms with Crippen LogP contribution in [0.2, 0.25) is 0 Å². The first-order valence-electron chi connectivity index (χ1n) is 7.00. The molecule has 0 atom stereocenters. The number of anilines is 1. The van der Waals surface area contributed by atoms with Crippen molar-refractivity contribution >= 4 is 34.2 Å². The predicted octanol–water partition coefficient (Wildman–Crippen LogP) is 3.81. The van der Waals surface area contributed by atoms with Gasteiger partial charge in [0.15, 0.2) is 17.1 Å². The summed E-state index contributed by atoms with van der Waals surface area (Å²) in [6.07, 6.45) is 0. The highest BCUT2D eigenvalue weighted by Crippen LogP contribution is 2.29. The van der Waals surface area contributed by atoms with Crippen LogP contribution in [0.5, 0.6) is 5.75 Å². The number of hydrogen-bond donors (Lipinski definition) is 1. The van der Waals surface area contributed by atoms with Gasteiger partial charge in [0, 0.05) is 5.39 Å². The number of thiophene rings is 1. The number of ether oxygens (including phenoxy) is 1. The van der Waals surface area contributed by atoms with Crippen LogP contribution in [0.25, 0.3) is 21.7 Å². The van der Waals surface area contributed by atoms with E-state index in [1.165, 1.54) is 11.3 Å². The van der Waals surface area contributed by atoms with Gasteiger partial charge in [0.05, 0.1) is 12.0 Å². The Balaban J connectivity index is 1.58. The number of hydrogen-bond acceptors (Lipinski definition) is 7. The Bertz CT molecular complexity index is 1000. The Labute approximate surface area is 139 Å². The summed E-state index contributed by atoms with van der Waals surface area (Å²) >= 11 is 1.47. The maximum absolute atomic E-state index is 12.3. The lowest BCUT2D eigenvalue weighted by Gasteiger charge is -1.98. The Hall–Kier alpha value is -3.13. The van der Waals surface area contributed by atoms with Crippen molar-refractivity contribution in [1.29, 1.82) is 0 Å². The molecule has 0 aliphatic heterocycles. The van der Waals surface area contributed by atoms with E-state index in [0.717, 1.165) is 10.3 Å². The molecule has 1 aromatic carbocycles. The molecule has 7 nitrogen and oxygen atoms in total. The van der Waals surface area contributed by atoms with Gasteiger partial charge in [-0.05, 0) is 23.6 Å². The van der Waals surface area contributed by atoms with Crippen molar-refractivity contribution in [2.75, 3.05) is 12.4 Å². The third kappa shape index (κ3) is 2.52. The van der Waals surface area contributed by atoms with Crippen LogP contribution < -0.4 is 10.1 Å². The maximum Gasteiger partial charge on any atom is 0.322 e. The molecule has 0 fully saturated rings. The second kappa shape index (κ2) is 5.82. The number of methoxy groups -OCH3 is 1. The van der Waals surface area contributed by atoms with Crippen molar-refractivity contribution < 1.29 is 18.4 Å². The van der Waals surface area contributed by atoms with Crippen molar-refractivity contribution in [3.05, 3.63) is 47.5 Å². The number of furan rings is 1. The third-order valence-electron chi connectivity index (χ3n) is 3.33. The molecule has 0 bridgehead atoms. The lowest BCUT2D eigenvalue weighted by molar-refractivity contribution is 0.0995. The van der Waals surface area contributed by atoms with E-state index in [1.807, 2.05) is 29.6 Å². The largest absolute Gasteiger partial charge is 0.493 e. The Morgan fingerprint density at radius 1 is 1.21 bits per heavy atom. The number of carbonyl (C=O) groups is 1. The fourth-order valence-corrected chi connectivity index (χ4v) is 2.89. The van der Waals surface area contributed by atoms with Crippen LogP contribution in [0.1, 0.15) is 10.6 Å². The van der Waals surface area contributed by atoms with E-state index in [0.29, 0.717) is 17.2 Å². The van der Waals surface area contributed by atoms with Crippen LogP contribution in [0.3, 0.4) is 0 Å². The minimum Gasteiger partial charge on any atom is -0.493 e. The summed E-state index contributed by atoms with van der Waals surface area (Å²) in [6, 6.07) is 10.8. The number of aromatic nitrogens is 2. The molecule has 120 valence electrons. The molecule has 1 amide bonds. The second-order valence-electron chi connectivity index (χ2n) is 4.83. The Morgan fingerprint density at radius 3 is 2.92 bits per heavy atom. The minimum absolute atomic E-state index is 0.0100. The SMILES string of the molecule is COc1cccc2cc(C(=O)Nc3nnc(-c4cccs4)o3)oc12. The van der Waals surface area contributed by atoms with Crippen LogP contribution in [0, 0.1) is 0 Å². The van der Waals surface area contributed by atoms with Crippen molar-refractivity contribution in [3.8, 4) is 16.5 Å². The molecular weight excluding hydrogens is 330 g/mol. The second-order valence-corrected chi connectivity index (χ2v) is 5.78. The number of nitrogens with zero attached hydrogens (tertiary/aromatic N) is 2. The maximum atomic E-state index is 12.3. The highest BCUT2D eigenvalue weighted by atomic mass is 32.1. The fraction of sp³-hybridized carbons (Fsp3) is 0.0625. The molecule has 0 unspecified atom stereocenters. The van der Waals surface area contributed by atoms with Crippen LogP contribution in [-0.2, 0) is 0 Å². The van der Waals surface area contributed by atoms with Crippen molar-refractivity contribution in [2.45, 2.75) is 0 Å². The molecule has 0 aliphatic rings. The van der Waals surface area contributed by atoms with E-state index in [-0.39, 0.29) is 11.8 Å². The van der Waals surface area contributed by atoms with Gasteiger partial charge in [0.2, 0.25) is 0 Å². The summed E-state index contributed by atoms with van der Waals surface area (Å²) in [5, 5.41) is 12.9. The zero-order valence-corrected chi connectivity index (χ0v) is 13.3. The molecule has 3 heterocycles. The quantitative estimate of drug-likeness (QED) is 0.607. The van der Waals surface area contributed by atoms with Crippen LogP contribution in [-0.4, -0.2) is 23.2 Å². The van der Waals surface area contributed by atoms with Crippen LogP contribution in [0.4, 0.5) is 6.01 Å². The molecule has 24 heavy (non-hydrogen) atoms. The van der Waals surface area contributed by atoms with Crippen molar-refractivity contribution in [3.63, 3.8) is 0 Å². The molecule has 0 aliphatic carbocycles. The molecule has 0 spiro atoms. The number of amides is 1. The Kier molecular flexibility index (Phi) is 3.51. The molecule has 3 aromatic heterocycles. The standard InChI is InChI=1S/C16H11N3O4S/c1-21-10-5-2-4-9-8-11(22-13(9)10)14(20)17-16-19-18-15(23-16)12-6-3-7-24-12/h2-8H,1H3,(H,17,19,20). The highest BCUT2D eigenvalue weighted by Gasteiger charge is 2.18. The molecule has 1 N–H and O–H groups in total. The van der Waals surface area contributed by atoms with Gasteiger partial charge in [0.25, 0.3) is 11.8 Å². The monoisotopic (exact) mass is 341 g/mol. The molecule has 4 rings (SSSR count). The molecule has 0 saturated heterocycles. The third-order valence-corrected chi connectivity index (χ3v) is 4.19. The van der Waals surface area contributed by atoms with Gasteiger partial charge in [-0.1, -0.05) is 23.3 Å². The summed E-state index contributed by atoms with van der Waals surface area (Å²) in [5.74, 6) is 0.566. The smallest absolute Gasteiger partial charge is 0.322 e. The predicted molar refractivity (Wildman–Crippen MR) is 88.3 cm³/mol.